The molecule has 0 spiro atoms. The normalized spacial score (nSPS) is 15.2. The molecule has 3 rings (SSSR count). The summed E-state index contributed by atoms with van der Waals surface area (Å²) in [7, 11) is -1.93. The maximum Gasteiger partial charge on any atom is 0.253 e. The highest BCUT2D eigenvalue weighted by Crippen LogP contribution is 2.23. The summed E-state index contributed by atoms with van der Waals surface area (Å²) in [5.74, 6) is 0.707. The highest BCUT2D eigenvalue weighted by Gasteiger charge is 2.25. The average Bonchev–Trinajstić information content (AvgIpc) is 2.75. The average molecular weight is 432 g/mol. The first-order valence-electron chi connectivity index (χ1n) is 10.1. The summed E-state index contributed by atoms with van der Waals surface area (Å²) >= 11 is 0. The summed E-state index contributed by atoms with van der Waals surface area (Å²) in [6.07, 6.45) is 1.62. The van der Waals surface area contributed by atoms with Crippen LogP contribution in [0, 0.1) is 13.8 Å². The Morgan fingerprint density at radius 3 is 2.30 bits per heavy atom. The molecule has 0 aliphatic carbocycles. The second-order valence-electron chi connectivity index (χ2n) is 7.69. The van der Waals surface area contributed by atoms with E-state index in [1.807, 2.05) is 6.07 Å². The van der Waals surface area contributed by atoms with Crippen LogP contribution in [0.2, 0.25) is 0 Å². The molecule has 0 aromatic heterocycles. The molecule has 1 aliphatic heterocycles. The van der Waals surface area contributed by atoms with Crippen molar-refractivity contribution in [2.45, 2.75) is 37.7 Å². The van der Waals surface area contributed by atoms with Crippen LogP contribution in [0.1, 0.15) is 34.3 Å². The lowest BCUT2D eigenvalue weighted by Gasteiger charge is -2.32. The Bertz CT molecular complexity index is 977. The summed E-state index contributed by atoms with van der Waals surface area (Å²) in [5, 5.41) is 0. The van der Waals surface area contributed by atoms with Crippen LogP contribution in [0.3, 0.4) is 0 Å². The van der Waals surface area contributed by atoms with Gasteiger partial charge in [0.15, 0.2) is 9.84 Å². The molecule has 0 saturated carbocycles. The van der Waals surface area contributed by atoms with E-state index >= 15 is 0 Å². The van der Waals surface area contributed by atoms with Crippen molar-refractivity contribution in [1.29, 1.82) is 0 Å². The van der Waals surface area contributed by atoms with Crippen molar-refractivity contribution in [1.82, 2.24) is 4.90 Å². The minimum absolute atomic E-state index is 0.0786. The Balaban J connectivity index is 1.56. The summed E-state index contributed by atoms with van der Waals surface area (Å²) in [4.78, 5) is 14.8. The topological polar surface area (TPSA) is 72.9 Å². The van der Waals surface area contributed by atoms with Gasteiger partial charge in [-0.15, -0.1) is 0 Å². The summed E-state index contributed by atoms with van der Waals surface area (Å²) < 4.78 is 35.4. The van der Waals surface area contributed by atoms with Crippen molar-refractivity contribution in [3.63, 3.8) is 0 Å². The molecule has 0 N–H and O–H groups in total. The fourth-order valence-electron chi connectivity index (χ4n) is 3.45. The van der Waals surface area contributed by atoms with Crippen LogP contribution in [0.15, 0.2) is 47.4 Å². The van der Waals surface area contributed by atoms with Crippen LogP contribution in [0.4, 0.5) is 0 Å². The van der Waals surface area contributed by atoms with Gasteiger partial charge in [0, 0.05) is 38.6 Å². The fourth-order valence-corrected chi connectivity index (χ4v) is 4.63. The van der Waals surface area contributed by atoms with Gasteiger partial charge in [0.25, 0.3) is 5.91 Å². The van der Waals surface area contributed by atoms with Gasteiger partial charge in [-0.1, -0.05) is 6.07 Å². The van der Waals surface area contributed by atoms with Crippen molar-refractivity contribution >= 4 is 15.7 Å². The molecule has 1 saturated heterocycles. The molecule has 1 amide bonds. The maximum atomic E-state index is 12.8. The van der Waals surface area contributed by atoms with Crippen molar-refractivity contribution in [3.8, 4) is 5.75 Å². The summed E-state index contributed by atoms with van der Waals surface area (Å²) in [5.41, 5.74) is 2.93. The first kappa shape index (κ1) is 22.3. The number of amides is 1. The number of carbonyl (C=O) groups is 1. The van der Waals surface area contributed by atoms with E-state index in [2.05, 4.69) is 26.0 Å². The van der Waals surface area contributed by atoms with Gasteiger partial charge in [-0.05, 0) is 61.4 Å². The van der Waals surface area contributed by atoms with Crippen LogP contribution < -0.4 is 4.74 Å². The highest BCUT2D eigenvalue weighted by atomic mass is 32.2. The Morgan fingerprint density at radius 2 is 1.70 bits per heavy atom. The zero-order valence-corrected chi connectivity index (χ0v) is 18.6. The second kappa shape index (κ2) is 9.62. The molecule has 2 aromatic rings. The second-order valence-corrected chi connectivity index (χ2v) is 9.80. The van der Waals surface area contributed by atoms with E-state index < -0.39 is 9.84 Å². The number of rotatable bonds is 7. The first-order valence-corrected chi connectivity index (χ1v) is 11.8. The molecule has 162 valence electrons. The number of aryl methyl sites for hydroxylation is 2. The smallest absolute Gasteiger partial charge is 0.253 e. The van der Waals surface area contributed by atoms with E-state index in [1.165, 1.54) is 30.4 Å². The Hall–Kier alpha value is -2.38. The highest BCUT2D eigenvalue weighted by molar-refractivity contribution is 7.91. The Labute approximate surface area is 178 Å². The van der Waals surface area contributed by atoms with E-state index in [1.54, 1.807) is 17.0 Å². The standard InChI is InChI=1S/C23H29NO5S/c1-17-4-7-21(16-18(17)2)29-20-10-12-24(13-11-20)23(25)19-5-8-22(9-6-19)30(26,27)15-14-28-3/h4-9,16,20H,10-15H2,1-3H3. The number of piperidine rings is 1. The summed E-state index contributed by atoms with van der Waals surface area (Å²) in [6, 6.07) is 12.3. The number of hydrogen-bond donors (Lipinski definition) is 0. The van der Waals surface area contributed by atoms with E-state index in [0.717, 1.165) is 18.6 Å². The van der Waals surface area contributed by atoms with Crippen LogP contribution in [0.5, 0.6) is 5.75 Å². The lowest BCUT2D eigenvalue weighted by Crippen LogP contribution is -2.41. The van der Waals surface area contributed by atoms with Crippen LogP contribution in [-0.2, 0) is 14.6 Å². The van der Waals surface area contributed by atoms with Gasteiger partial charge in [-0.3, -0.25) is 4.79 Å². The molecule has 1 aliphatic rings. The maximum absolute atomic E-state index is 12.8. The summed E-state index contributed by atoms with van der Waals surface area (Å²) in [6.45, 7) is 5.51. The molecule has 0 atom stereocenters. The third kappa shape index (κ3) is 5.40. The van der Waals surface area contributed by atoms with Gasteiger partial charge in [-0.2, -0.15) is 0 Å². The molecule has 2 aromatic carbocycles. The molecule has 1 fully saturated rings. The fraction of sp³-hybridized carbons (Fsp3) is 0.435. The molecule has 0 radical (unpaired) electrons. The molecule has 0 bridgehead atoms. The van der Waals surface area contributed by atoms with Crippen LogP contribution in [-0.4, -0.2) is 57.9 Å². The number of nitrogens with zero attached hydrogens (tertiary/aromatic N) is 1. The van der Waals surface area contributed by atoms with E-state index in [0.29, 0.717) is 18.7 Å². The third-order valence-corrected chi connectivity index (χ3v) is 7.22. The zero-order chi connectivity index (χ0) is 21.7. The molecular weight excluding hydrogens is 402 g/mol. The van der Waals surface area contributed by atoms with E-state index in [-0.39, 0.29) is 29.3 Å². The van der Waals surface area contributed by atoms with Gasteiger partial charge in [-0.25, -0.2) is 8.42 Å². The Morgan fingerprint density at radius 1 is 1.03 bits per heavy atom. The van der Waals surface area contributed by atoms with Crippen molar-refractivity contribution < 1.29 is 22.7 Å². The minimum atomic E-state index is -3.40. The van der Waals surface area contributed by atoms with Crippen molar-refractivity contribution in [3.05, 3.63) is 59.2 Å². The van der Waals surface area contributed by atoms with Gasteiger partial charge < -0.3 is 14.4 Å². The van der Waals surface area contributed by atoms with Crippen molar-refractivity contribution in [2.24, 2.45) is 0 Å². The molecule has 1 heterocycles. The number of methoxy groups -OCH3 is 1. The zero-order valence-electron chi connectivity index (χ0n) is 17.8. The number of ether oxygens (including phenoxy) is 2. The number of hydrogen-bond acceptors (Lipinski definition) is 5. The number of sulfone groups is 1. The quantitative estimate of drug-likeness (QED) is 0.672. The van der Waals surface area contributed by atoms with Crippen LogP contribution in [0.25, 0.3) is 0 Å². The third-order valence-electron chi connectivity index (χ3n) is 5.53. The van der Waals surface area contributed by atoms with Gasteiger partial charge in [0.2, 0.25) is 0 Å². The van der Waals surface area contributed by atoms with Gasteiger partial charge in [0.05, 0.1) is 17.3 Å². The number of likely N-dealkylation sites (tertiary alicyclic amines) is 1. The predicted molar refractivity (Wildman–Crippen MR) is 116 cm³/mol. The van der Waals surface area contributed by atoms with Gasteiger partial charge >= 0.3 is 0 Å². The Kier molecular flexibility index (Phi) is 7.15. The predicted octanol–water partition coefficient (Wildman–Crippen LogP) is 3.41. The number of carbonyl (C=O) groups excluding carboxylic acids is 1. The lowest BCUT2D eigenvalue weighted by atomic mass is 10.1. The molecule has 0 unspecified atom stereocenters. The first-order chi connectivity index (χ1) is 14.3. The molecule has 7 heteroatoms. The van der Waals surface area contributed by atoms with Crippen molar-refractivity contribution in [2.75, 3.05) is 32.6 Å². The monoisotopic (exact) mass is 431 g/mol. The lowest BCUT2D eigenvalue weighted by molar-refractivity contribution is 0.0595. The van der Waals surface area contributed by atoms with E-state index in [4.69, 9.17) is 9.47 Å². The van der Waals surface area contributed by atoms with Crippen LogP contribution >= 0.6 is 0 Å². The molecule has 30 heavy (non-hydrogen) atoms. The molecular formula is C23H29NO5S. The van der Waals surface area contributed by atoms with E-state index in [9.17, 15) is 13.2 Å². The van der Waals surface area contributed by atoms with Gasteiger partial charge in [0.1, 0.15) is 11.9 Å². The molecule has 6 nitrogen and oxygen atoms in total. The number of benzene rings is 2. The minimum Gasteiger partial charge on any atom is -0.490 e. The largest absolute Gasteiger partial charge is 0.490 e. The SMILES string of the molecule is COCCS(=O)(=O)c1ccc(C(=O)N2CCC(Oc3ccc(C)c(C)c3)CC2)cc1.